The van der Waals surface area contributed by atoms with E-state index in [0.717, 1.165) is 27.7 Å². The molecule has 1 aromatic heterocycles. The van der Waals surface area contributed by atoms with Crippen molar-refractivity contribution in [3.8, 4) is 11.5 Å². The van der Waals surface area contributed by atoms with E-state index in [1.165, 1.54) is 0 Å². The van der Waals surface area contributed by atoms with E-state index in [4.69, 9.17) is 9.47 Å². The molecule has 2 atom stereocenters. The summed E-state index contributed by atoms with van der Waals surface area (Å²) >= 11 is 0. The molecule has 0 radical (unpaired) electrons. The number of para-hydroxylation sites is 1. The predicted octanol–water partition coefficient (Wildman–Crippen LogP) is 6.10. The highest BCUT2D eigenvalue weighted by molar-refractivity contribution is 6.05. The number of fused-ring (bicyclic) bond motifs is 2. The zero-order valence-corrected chi connectivity index (χ0v) is 23.3. The lowest BCUT2D eigenvalue weighted by molar-refractivity contribution is -0.121. The number of ether oxygens (including phenoxy) is 2. The van der Waals surface area contributed by atoms with Gasteiger partial charge >= 0.3 is 0 Å². The van der Waals surface area contributed by atoms with Gasteiger partial charge in [0, 0.05) is 40.8 Å². The molecular formula is C32H35N3O4. The molecular weight excluding hydrogens is 490 g/mol. The fourth-order valence-electron chi connectivity index (χ4n) is 5.76. The van der Waals surface area contributed by atoms with E-state index in [1.54, 1.807) is 37.3 Å². The van der Waals surface area contributed by atoms with Gasteiger partial charge in [0.15, 0.2) is 0 Å². The average molecular weight is 526 g/mol. The van der Waals surface area contributed by atoms with E-state index >= 15 is 0 Å². The SMILES string of the molecule is COc1ccc(NC(=O)C(CC(C)C)N2C(=O)c3ccccc3C2c2c(C)n(C)c3ccccc23)c(OC)c1. The summed E-state index contributed by atoms with van der Waals surface area (Å²) in [6.45, 7) is 6.22. The Balaban J connectivity index is 1.64. The van der Waals surface area contributed by atoms with Crippen molar-refractivity contribution in [3.05, 3.63) is 89.1 Å². The van der Waals surface area contributed by atoms with Gasteiger partial charge in [0.2, 0.25) is 5.91 Å². The fourth-order valence-corrected chi connectivity index (χ4v) is 5.76. The molecule has 2 amide bonds. The van der Waals surface area contributed by atoms with Crippen molar-refractivity contribution in [2.45, 2.75) is 39.3 Å². The minimum absolute atomic E-state index is 0.134. The molecule has 7 nitrogen and oxygen atoms in total. The Bertz CT molecular complexity index is 1550. The van der Waals surface area contributed by atoms with E-state index in [-0.39, 0.29) is 17.7 Å². The molecule has 2 heterocycles. The second kappa shape index (κ2) is 10.5. The summed E-state index contributed by atoms with van der Waals surface area (Å²) in [6, 6.07) is 20.1. The molecule has 0 saturated carbocycles. The van der Waals surface area contributed by atoms with Crippen LogP contribution < -0.4 is 14.8 Å². The number of aromatic nitrogens is 1. The third-order valence-corrected chi connectivity index (χ3v) is 7.72. The highest BCUT2D eigenvalue weighted by Crippen LogP contribution is 2.45. The lowest BCUT2D eigenvalue weighted by atomic mass is 9.93. The number of amides is 2. The maximum atomic E-state index is 14.1. The number of nitrogens with zero attached hydrogens (tertiary/aromatic N) is 2. The Kier molecular flexibility index (Phi) is 7.08. The smallest absolute Gasteiger partial charge is 0.255 e. The van der Waals surface area contributed by atoms with Crippen LogP contribution in [0.4, 0.5) is 5.69 Å². The van der Waals surface area contributed by atoms with Crippen molar-refractivity contribution in [2.24, 2.45) is 13.0 Å². The second-order valence-electron chi connectivity index (χ2n) is 10.5. The van der Waals surface area contributed by atoms with Gasteiger partial charge in [-0.3, -0.25) is 9.59 Å². The molecule has 1 aliphatic heterocycles. The number of anilines is 1. The van der Waals surface area contributed by atoms with Crippen molar-refractivity contribution in [2.75, 3.05) is 19.5 Å². The third-order valence-electron chi connectivity index (χ3n) is 7.72. The van der Waals surface area contributed by atoms with Gasteiger partial charge in [-0.05, 0) is 49.1 Å². The lowest BCUT2D eigenvalue weighted by Crippen LogP contribution is -2.47. The molecule has 39 heavy (non-hydrogen) atoms. The first-order valence-corrected chi connectivity index (χ1v) is 13.2. The molecule has 7 heteroatoms. The number of hydrogen-bond donors (Lipinski definition) is 1. The van der Waals surface area contributed by atoms with Crippen molar-refractivity contribution in [1.82, 2.24) is 9.47 Å². The van der Waals surface area contributed by atoms with Gasteiger partial charge in [-0.1, -0.05) is 50.2 Å². The summed E-state index contributed by atoms with van der Waals surface area (Å²) in [6.07, 6.45) is 0.504. The first kappa shape index (κ1) is 26.4. The molecule has 0 aliphatic carbocycles. The standard InChI is InChI=1S/C32H35N3O4/c1-19(2)17-27(31(36)33-25-16-15-21(38-5)18-28(25)39-6)35-30(22-11-7-8-12-23(22)32(35)37)29-20(3)34(4)26-14-10-9-13-24(26)29/h7-16,18-19,27,30H,17H2,1-6H3,(H,33,36). The first-order chi connectivity index (χ1) is 18.8. The van der Waals surface area contributed by atoms with E-state index in [0.29, 0.717) is 29.2 Å². The zero-order valence-electron chi connectivity index (χ0n) is 23.3. The van der Waals surface area contributed by atoms with Crippen molar-refractivity contribution < 1.29 is 19.1 Å². The zero-order chi connectivity index (χ0) is 27.8. The van der Waals surface area contributed by atoms with Crippen LogP contribution in [0.5, 0.6) is 11.5 Å². The molecule has 0 saturated heterocycles. The summed E-state index contributed by atoms with van der Waals surface area (Å²) in [5.74, 6) is 0.898. The minimum Gasteiger partial charge on any atom is -0.497 e. The average Bonchev–Trinajstić information content (AvgIpc) is 3.36. The molecule has 0 bridgehead atoms. The van der Waals surface area contributed by atoms with Crippen LogP contribution in [-0.2, 0) is 11.8 Å². The lowest BCUT2D eigenvalue weighted by Gasteiger charge is -2.34. The van der Waals surface area contributed by atoms with Crippen LogP contribution in [0, 0.1) is 12.8 Å². The summed E-state index contributed by atoms with van der Waals surface area (Å²) in [5.41, 5.74) is 5.30. The molecule has 202 valence electrons. The van der Waals surface area contributed by atoms with Crippen LogP contribution in [0.25, 0.3) is 10.9 Å². The van der Waals surface area contributed by atoms with Crippen LogP contribution >= 0.6 is 0 Å². The first-order valence-electron chi connectivity index (χ1n) is 13.2. The largest absolute Gasteiger partial charge is 0.497 e. The van der Waals surface area contributed by atoms with Crippen LogP contribution in [0.3, 0.4) is 0 Å². The number of aryl methyl sites for hydroxylation is 1. The van der Waals surface area contributed by atoms with Crippen LogP contribution in [0.15, 0.2) is 66.7 Å². The third kappa shape index (κ3) is 4.52. The van der Waals surface area contributed by atoms with Gasteiger partial charge in [0.25, 0.3) is 5.91 Å². The Morgan fingerprint density at radius 2 is 1.72 bits per heavy atom. The van der Waals surface area contributed by atoms with E-state index in [9.17, 15) is 9.59 Å². The van der Waals surface area contributed by atoms with E-state index in [2.05, 4.69) is 42.8 Å². The predicted molar refractivity (Wildman–Crippen MR) is 154 cm³/mol. The number of carbonyl (C=O) groups excluding carboxylic acids is 2. The van der Waals surface area contributed by atoms with Crippen LogP contribution in [0.2, 0.25) is 0 Å². The van der Waals surface area contributed by atoms with Crippen LogP contribution in [-0.4, -0.2) is 41.5 Å². The minimum atomic E-state index is -0.708. The number of rotatable bonds is 8. The van der Waals surface area contributed by atoms with Crippen LogP contribution in [0.1, 0.15) is 53.5 Å². The number of hydrogen-bond acceptors (Lipinski definition) is 4. The molecule has 4 aromatic rings. The van der Waals surface area contributed by atoms with E-state index in [1.807, 2.05) is 43.4 Å². The summed E-state index contributed by atoms with van der Waals surface area (Å²) in [5, 5.41) is 4.13. The van der Waals surface area contributed by atoms with Gasteiger partial charge in [-0.15, -0.1) is 0 Å². The molecule has 0 spiro atoms. The second-order valence-corrected chi connectivity index (χ2v) is 10.5. The van der Waals surface area contributed by atoms with Gasteiger partial charge < -0.3 is 24.3 Å². The molecule has 2 unspecified atom stereocenters. The summed E-state index contributed by atoms with van der Waals surface area (Å²) < 4.78 is 13.0. The molecule has 1 aliphatic rings. The molecule has 5 rings (SSSR count). The summed E-state index contributed by atoms with van der Waals surface area (Å²) in [7, 11) is 5.18. The van der Waals surface area contributed by atoms with Gasteiger partial charge in [-0.25, -0.2) is 0 Å². The fraction of sp³-hybridized carbons (Fsp3) is 0.312. The molecule has 0 fully saturated rings. The number of methoxy groups -OCH3 is 2. The summed E-state index contributed by atoms with van der Waals surface area (Å²) in [4.78, 5) is 30.0. The maximum absolute atomic E-state index is 14.1. The Labute approximate surface area is 229 Å². The van der Waals surface area contributed by atoms with Crippen molar-refractivity contribution >= 4 is 28.4 Å². The Hall–Kier alpha value is -4.26. The number of carbonyl (C=O) groups is 2. The Morgan fingerprint density at radius 3 is 2.44 bits per heavy atom. The van der Waals surface area contributed by atoms with E-state index < -0.39 is 12.1 Å². The molecule has 1 N–H and O–H groups in total. The number of nitrogens with one attached hydrogen (secondary N) is 1. The van der Waals surface area contributed by atoms with Gasteiger partial charge in [-0.2, -0.15) is 0 Å². The van der Waals surface area contributed by atoms with Crippen molar-refractivity contribution in [3.63, 3.8) is 0 Å². The normalized spacial score (nSPS) is 15.5. The molecule has 3 aromatic carbocycles. The van der Waals surface area contributed by atoms with Gasteiger partial charge in [0.1, 0.15) is 17.5 Å². The highest BCUT2D eigenvalue weighted by Gasteiger charge is 2.45. The number of benzene rings is 3. The Morgan fingerprint density at radius 1 is 1.00 bits per heavy atom. The quantitative estimate of drug-likeness (QED) is 0.302. The van der Waals surface area contributed by atoms with Gasteiger partial charge in [0.05, 0.1) is 25.9 Å². The maximum Gasteiger partial charge on any atom is 0.255 e. The van der Waals surface area contributed by atoms with Crippen molar-refractivity contribution in [1.29, 1.82) is 0 Å². The topological polar surface area (TPSA) is 72.8 Å². The highest BCUT2D eigenvalue weighted by atomic mass is 16.5. The monoisotopic (exact) mass is 525 g/mol.